The van der Waals surface area contributed by atoms with Crippen molar-refractivity contribution in [3.05, 3.63) is 0 Å². The average molecular weight is 116 g/mol. The van der Waals surface area contributed by atoms with Crippen LogP contribution in [0.5, 0.6) is 0 Å². The molecule has 0 saturated carbocycles. The average Bonchev–Trinajstić information content (AvgIpc) is 1.87. The summed E-state index contributed by atoms with van der Waals surface area (Å²) in [6.07, 6.45) is 1.31. The van der Waals surface area contributed by atoms with Gasteiger partial charge in [0.2, 0.25) is 0 Å². The fraction of sp³-hybridized carbons (Fsp3) is 1.00. The molecule has 0 heterocycles. The van der Waals surface area contributed by atoms with E-state index in [1.54, 1.807) is 0 Å². The molecule has 0 saturated heterocycles. The van der Waals surface area contributed by atoms with Crippen molar-refractivity contribution in [1.29, 1.82) is 0 Å². The summed E-state index contributed by atoms with van der Waals surface area (Å²) in [6.45, 7) is 5.69. The molecule has 0 atom stereocenters. The Morgan fingerprint density at radius 2 is 1.75 bits per heavy atom. The van der Waals surface area contributed by atoms with Gasteiger partial charge in [-0.3, -0.25) is 4.39 Å². The zero-order valence-corrected chi connectivity index (χ0v) is 6.00. The predicted molar refractivity (Wildman–Crippen MR) is 37.4 cm³/mol. The minimum atomic E-state index is -0.875. The van der Waals surface area contributed by atoms with E-state index in [-0.39, 0.29) is 0 Å². The monoisotopic (exact) mass is 116 g/mol. The highest BCUT2D eigenvalue weighted by atomic mass is 19.1. The minimum Gasteiger partial charge on any atom is -0.254 e. The third-order valence-corrected chi connectivity index (χ3v) is 1.90. The molecular weight excluding hydrogens is 102 g/mol. The van der Waals surface area contributed by atoms with Crippen LogP contribution in [0, 0.1) is 0 Å². The number of hydrogen-bond acceptors (Lipinski definition) is 0. The van der Waals surface area contributed by atoms with Gasteiger partial charge < -0.3 is 0 Å². The van der Waals surface area contributed by atoms with Gasteiger partial charge in [0.15, 0.2) is 7.28 Å². The summed E-state index contributed by atoms with van der Waals surface area (Å²) < 4.78 is 13.0. The van der Waals surface area contributed by atoms with Crippen LogP contribution in [0.3, 0.4) is 0 Å². The fourth-order valence-corrected chi connectivity index (χ4v) is 0.750. The van der Waals surface area contributed by atoms with Crippen LogP contribution in [-0.2, 0) is 0 Å². The molecule has 8 heavy (non-hydrogen) atoms. The third kappa shape index (κ3) is 1.85. The lowest BCUT2D eigenvalue weighted by Crippen LogP contribution is -2.26. The largest absolute Gasteiger partial charge is 0.254 e. The Kier molecular flexibility index (Phi) is 3.11. The van der Waals surface area contributed by atoms with Crippen molar-refractivity contribution in [2.24, 2.45) is 0 Å². The number of halogens is 1. The maximum atomic E-state index is 13.0. The second-order valence-electron chi connectivity index (χ2n) is 2.21. The van der Waals surface area contributed by atoms with Crippen LogP contribution in [0.15, 0.2) is 0 Å². The van der Waals surface area contributed by atoms with E-state index in [0.29, 0.717) is 20.1 Å². The first kappa shape index (κ1) is 7.99. The molecule has 0 rings (SSSR count). The number of rotatable bonds is 3. The highest BCUT2D eigenvalue weighted by molar-refractivity contribution is 6.37. The first-order valence-corrected chi connectivity index (χ1v) is 3.37. The second kappa shape index (κ2) is 3.11. The van der Waals surface area contributed by atoms with Crippen LogP contribution in [-0.4, -0.2) is 12.8 Å². The third-order valence-electron chi connectivity index (χ3n) is 1.90. The second-order valence-corrected chi connectivity index (χ2v) is 2.21. The van der Waals surface area contributed by atoms with Crippen molar-refractivity contribution in [1.82, 2.24) is 0 Å². The molecule has 0 fully saturated rings. The van der Waals surface area contributed by atoms with Crippen molar-refractivity contribution in [3.63, 3.8) is 0 Å². The van der Waals surface area contributed by atoms with Gasteiger partial charge in [-0.25, -0.2) is 0 Å². The quantitative estimate of drug-likeness (QED) is 0.494. The summed E-state index contributed by atoms with van der Waals surface area (Å²) in [5, 5.41) is 0. The Bertz CT molecular complexity index is 51.3. The maximum Gasteiger partial charge on any atom is 0.165 e. The molecule has 0 aromatic carbocycles. The van der Waals surface area contributed by atoms with Gasteiger partial charge in [-0.15, -0.1) is 0 Å². The molecule has 0 unspecified atom stereocenters. The van der Waals surface area contributed by atoms with Crippen LogP contribution in [0.25, 0.3) is 0 Å². The van der Waals surface area contributed by atoms with Crippen molar-refractivity contribution in [2.75, 3.05) is 0 Å². The summed E-state index contributed by atoms with van der Waals surface area (Å²) in [5.74, 6) is 0. The minimum absolute atomic E-state index is 0.653. The predicted octanol–water partition coefficient (Wildman–Crippen LogP) is 1.96. The lowest BCUT2D eigenvalue weighted by atomic mass is 9.61. The zero-order valence-electron chi connectivity index (χ0n) is 6.00. The smallest absolute Gasteiger partial charge is 0.165 e. The standard InChI is InChI=1S/C6H14BF/c1-4-6(8,5-2)7-3/h7H,4-5H2,1-3H3. The molecule has 2 heteroatoms. The van der Waals surface area contributed by atoms with Gasteiger partial charge in [-0.05, 0) is 12.8 Å². The van der Waals surface area contributed by atoms with E-state index >= 15 is 0 Å². The van der Waals surface area contributed by atoms with Gasteiger partial charge in [0.1, 0.15) is 0 Å². The lowest BCUT2D eigenvalue weighted by molar-refractivity contribution is 0.255. The Morgan fingerprint density at radius 1 is 1.38 bits per heavy atom. The summed E-state index contributed by atoms with van der Waals surface area (Å²) >= 11 is 0. The van der Waals surface area contributed by atoms with Crippen molar-refractivity contribution >= 4 is 7.28 Å². The van der Waals surface area contributed by atoms with Crippen molar-refractivity contribution in [3.8, 4) is 0 Å². The van der Waals surface area contributed by atoms with E-state index in [1.807, 2.05) is 20.7 Å². The lowest BCUT2D eigenvalue weighted by Gasteiger charge is -2.17. The highest BCUT2D eigenvalue weighted by Gasteiger charge is 2.22. The summed E-state index contributed by atoms with van der Waals surface area (Å²) in [6, 6.07) is 0. The molecular formula is C6H14BF. The molecule has 0 nitrogen and oxygen atoms in total. The van der Waals surface area contributed by atoms with Gasteiger partial charge in [0.05, 0.1) is 5.57 Å². The van der Waals surface area contributed by atoms with E-state index < -0.39 is 5.57 Å². The zero-order chi connectivity index (χ0) is 6.62. The Morgan fingerprint density at radius 3 is 1.75 bits per heavy atom. The highest BCUT2D eigenvalue weighted by Crippen LogP contribution is 2.17. The van der Waals surface area contributed by atoms with Crippen molar-refractivity contribution < 1.29 is 4.39 Å². The maximum absolute atomic E-state index is 13.0. The summed E-state index contributed by atoms with van der Waals surface area (Å²) in [4.78, 5) is 0. The molecule has 0 spiro atoms. The normalized spacial score (nSPS) is 11.5. The van der Waals surface area contributed by atoms with E-state index in [4.69, 9.17) is 0 Å². The van der Waals surface area contributed by atoms with Gasteiger partial charge in [-0.2, -0.15) is 0 Å². The molecule has 0 amide bonds. The van der Waals surface area contributed by atoms with Gasteiger partial charge in [-0.1, -0.05) is 20.7 Å². The topological polar surface area (TPSA) is 0 Å². The van der Waals surface area contributed by atoms with Crippen LogP contribution in [0.1, 0.15) is 26.7 Å². The van der Waals surface area contributed by atoms with Crippen LogP contribution >= 0.6 is 0 Å². The van der Waals surface area contributed by atoms with E-state index in [1.165, 1.54) is 0 Å². The molecule has 0 N–H and O–H groups in total. The van der Waals surface area contributed by atoms with Crippen LogP contribution in [0.2, 0.25) is 6.82 Å². The van der Waals surface area contributed by atoms with Gasteiger partial charge in [0, 0.05) is 0 Å². The molecule has 0 aliphatic heterocycles. The van der Waals surface area contributed by atoms with Crippen LogP contribution < -0.4 is 0 Å². The van der Waals surface area contributed by atoms with E-state index in [2.05, 4.69) is 0 Å². The molecule has 0 aliphatic rings. The number of alkyl halides is 1. The van der Waals surface area contributed by atoms with E-state index in [9.17, 15) is 4.39 Å². The first-order valence-electron chi connectivity index (χ1n) is 3.37. The number of hydrogen-bond donors (Lipinski definition) is 0. The molecule has 0 aliphatic carbocycles. The Hall–Kier alpha value is -0.00506. The summed E-state index contributed by atoms with van der Waals surface area (Å²) in [7, 11) is 0.653. The van der Waals surface area contributed by atoms with Gasteiger partial charge >= 0.3 is 0 Å². The molecule has 0 aromatic heterocycles. The van der Waals surface area contributed by atoms with Crippen LogP contribution in [0.4, 0.5) is 4.39 Å². The molecule has 0 radical (unpaired) electrons. The Labute approximate surface area is 51.7 Å². The Balaban J connectivity index is 3.58. The fourth-order valence-electron chi connectivity index (χ4n) is 0.750. The molecule has 0 aromatic rings. The summed E-state index contributed by atoms with van der Waals surface area (Å²) in [5.41, 5.74) is -0.875. The van der Waals surface area contributed by atoms with Crippen molar-refractivity contribution in [2.45, 2.75) is 39.1 Å². The van der Waals surface area contributed by atoms with E-state index in [0.717, 1.165) is 0 Å². The van der Waals surface area contributed by atoms with Gasteiger partial charge in [0.25, 0.3) is 0 Å². The molecule has 0 bridgehead atoms. The first-order chi connectivity index (χ1) is 3.68. The SMILES string of the molecule is CBC(F)(CC)CC. The molecule has 48 valence electrons.